The van der Waals surface area contributed by atoms with Crippen molar-refractivity contribution in [3.8, 4) is 11.5 Å². The van der Waals surface area contributed by atoms with Crippen molar-refractivity contribution in [2.75, 3.05) is 19.5 Å². The molecule has 0 saturated heterocycles. The number of ether oxygens (including phenoxy) is 2. The Morgan fingerprint density at radius 3 is 2.21 bits per heavy atom. The molecule has 2 amide bonds. The summed E-state index contributed by atoms with van der Waals surface area (Å²) in [6.07, 6.45) is 0.203. The minimum atomic E-state index is -0.708. The molecule has 0 aromatic heterocycles. The predicted molar refractivity (Wildman–Crippen MR) is 110 cm³/mol. The first-order valence-corrected chi connectivity index (χ1v) is 9.29. The highest BCUT2D eigenvalue weighted by Gasteiger charge is 2.25. The van der Waals surface area contributed by atoms with E-state index in [0.717, 1.165) is 5.56 Å². The predicted octanol–water partition coefficient (Wildman–Crippen LogP) is 3.68. The van der Waals surface area contributed by atoms with E-state index in [0.29, 0.717) is 22.2 Å². The average molecular weight is 405 g/mol. The standard InChI is InChI=1S/C21H25ClN2O4/c1-13(2)20(24-19(25)10-14-8-6-5-7-9-14)21(26)23-16-12-18(28-4)17(27-3)11-15(16)22/h5-9,11-13,20H,10H2,1-4H3,(H,23,26)(H,24,25). The van der Waals surface area contributed by atoms with Gasteiger partial charge in [0, 0.05) is 12.1 Å². The summed E-state index contributed by atoms with van der Waals surface area (Å²) in [6, 6.07) is 11.8. The van der Waals surface area contributed by atoms with E-state index in [2.05, 4.69) is 10.6 Å². The number of hydrogen-bond acceptors (Lipinski definition) is 4. The largest absolute Gasteiger partial charge is 0.493 e. The van der Waals surface area contributed by atoms with Crippen molar-refractivity contribution in [1.29, 1.82) is 0 Å². The first kappa shape index (κ1) is 21.6. The number of rotatable bonds is 8. The van der Waals surface area contributed by atoms with Crippen molar-refractivity contribution in [1.82, 2.24) is 5.32 Å². The lowest BCUT2D eigenvalue weighted by molar-refractivity contribution is -0.127. The van der Waals surface area contributed by atoms with Crippen LogP contribution in [-0.4, -0.2) is 32.1 Å². The molecule has 2 N–H and O–H groups in total. The molecular formula is C21H25ClN2O4. The van der Waals surface area contributed by atoms with E-state index < -0.39 is 6.04 Å². The van der Waals surface area contributed by atoms with Crippen molar-refractivity contribution < 1.29 is 19.1 Å². The first-order valence-electron chi connectivity index (χ1n) is 8.91. The lowest BCUT2D eigenvalue weighted by Gasteiger charge is -2.22. The zero-order valence-corrected chi connectivity index (χ0v) is 17.2. The van der Waals surface area contributed by atoms with Crippen molar-refractivity contribution in [2.24, 2.45) is 5.92 Å². The van der Waals surface area contributed by atoms with Crippen LogP contribution in [0.4, 0.5) is 5.69 Å². The molecule has 0 bridgehead atoms. The molecule has 2 aromatic rings. The topological polar surface area (TPSA) is 76.7 Å². The van der Waals surface area contributed by atoms with Crippen molar-refractivity contribution in [2.45, 2.75) is 26.3 Å². The zero-order valence-electron chi connectivity index (χ0n) is 16.4. The van der Waals surface area contributed by atoms with Gasteiger partial charge in [-0.1, -0.05) is 55.8 Å². The summed E-state index contributed by atoms with van der Waals surface area (Å²) in [6.45, 7) is 3.73. The van der Waals surface area contributed by atoms with Crippen LogP contribution >= 0.6 is 11.6 Å². The smallest absolute Gasteiger partial charge is 0.247 e. The van der Waals surface area contributed by atoms with Gasteiger partial charge in [0.25, 0.3) is 0 Å². The fourth-order valence-corrected chi connectivity index (χ4v) is 2.90. The van der Waals surface area contributed by atoms with Gasteiger partial charge in [0.05, 0.1) is 31.4 Å². The molecule has 1 atom stereocenters. The Bertz CT molecular complexity index is 825. The van der Waals surface area contributed by atoms with E-state index >= 15 is 0 Å². The third kappa shape index (κ3) is 5.63. The highest BCUT2D eigenvalue weighted by Crippen LogP contribution is 2.36. The van der Waals surface area contributed by atoms with E-state index in [4.69, 9.17) is 21.1 Å². The van der Waals surface area contributed by atoms with Crippen LogP contribution in [-0.2, 0) is 16.0 Å². The average Bonchev–Trinajstić information content (AvgIpc) is 2.67. The molecule has 0 aliphatic heterocycles. The number of carbonyl (C=O) groups is 2. The van der Waals surface area contributed by atoms with Crippen LogP contribution in [0.2, 0.25) is 5.02 Å². The van der Waals surface area contributed by atoms with Crippen LogP contribution in [0.25, 0.3) is 0 Å². The highest BCUT2D eigenvalue weighted by molar-refractivity contribution is 6.34. The van der Waals surface area contributed by atoms with Crippen molar-refractivity contribution in [3.63, 3.8) is 0 Å². The molecule has 0 spiro atoms. The quantitative estimate of drug-likeness (QED) is 0.703. The SMILES string of the molecule is COc1cc(Cl)c(NC(=O)C(NC(=O)Cc2ccccc2)C(C)C)cc1OC. The van der Waals surface area contributed by atoms with E-state index in [1.807, 2.05) is 44.2 Å². The van der Waals surface area contributed by atoms with Gasteiger partial charge in [-0.15, -0.1) is 0 Å². The summed E-state index contributed by atoms with van der Waals surface area (Å²) in [4.78, 5) is 25.2. The first-order chi connectivity index (χ1) is 13.3. The minimum Gasteiger partial charge on any atom is -0.493 e. The summed E-state index contributed by atoms with van der Waals surface area (Å²) < 4.78 is 10.4. The molecule has 0 heterocycles. The van der Waals surface area contributed by atoms with Gasteiger partial charge in [-0.2, -0.15) is 0 Å². The summed E-state index contributed by atoms with van der Waals surface area (Å²) in [5, 5.41) is 5.88. The number of anilines is 1. The molecule has 0 aliphatic carbocycles. The Morgan fingerprint density at radius 1 is 1.04 bits per heavy atom. The molecule has 0 aliphatic rings. The second-order valence-electron chi connectivity index (χ2n) is 6.63. The molecule has 6 nitrogen and oxygen atoms in total. The van der Waals surface area contributed by atoms with E-state index in [9.17, 15) is 9.59 Å². The number of nitrogens with one attached hydrogen (secondary N) is 2. The maximum absolute atomic E-state index is 12.8. The molecular weight excluding hydrogens is 380 g/mol. The van der Waals surface area contributed by atoms with Crippen LogP contribution in [0, 0.1) is 5.92 Å². The van der Waals surface area contributed by atoms with Crippen LogP contribution < -0.4 is 20.1 Å². The van der Waals surface area contributed by atoms with Crippen LogP contribution in [0.3, 0.4) is 0 Å². The Kier molecular flexibility index (Phi) is 7.70. The normalized spacial score (nSPS) is 11.6. The Hall–Kier alpha value is -2.73. The highest BCUT2D eigenvalue weighted by atomic mass is 35.5. The molecule has 0 radical (unpaired) electrons. The number of halogens is 1. The van der Waals surface area contributed by atoms with Crippen molar-refractivity contribution in [3.05, 3.63) is 53.1 Å². The molecule has 2 rings (SSSR count). The van der Waals surface area contributed by atoms with Gasteiger partial charge in [0.15, 0.2) is 11.5 Å². The molecule has 0 saturated carbocycles. The number of carbonyl (C=O) groups excluding carboxylic acids is 2. The van der Waals surface area contributed by atoms with E-state index in [1.54, 1.807) is 12.1 Å². The second kappa shape index (κ2) is 9.99. The van der Waals surface area contributed by atoms with E-state index in [1.165, 1.54) is 14.2 Å². The third-order valence-electron chi connectivity index (χ3n) is 4.20. The fourth-order valence-electron chi connectivity index (χ4n) is 2.70. The lowest BCUT2D eigenvalue weighted by atomic mass is 10.0. The van der Waals surface area contributed by atoms with Gasteiger partial charge in [-0.3, -0.25) is 9.59 Å². The Morgan fingerprint density at radius 2 is 1.64 bits per heavy atom. The molecule has 28 heavy (non-hydrogen) atoms. The monoisotopic (exact) mass is 404 g/mol. The van der Waals surface area contributed by atoms with Crippen LogP contribution in [0.5, 0.6) is 11.5 Å². The Labute approximate surface area is 170 Å². The summed E-state index contributed by atoms with van der Waals surface area (Å²) >= 11 is 6.24. The van der Waals surface area contributed by atoms with Crippen LogP contribution in [0.1, 0.15) is 19.4 Å². The van der Waals surface area contributed by atoms with Crippen LogP contribution in [0.15, 0.2) is 42.5 Å². The molecule has 7 heteroatoms. The number of benzene rings is 2. The molecule has 0 fully saturated rings. The molecule has 2 aromatic carbocycles. The fraction of sp³-hybridized carbons (Fsp3) is 0.333. The second-order valence-corrected chi connectivity index (χ2v) is 7.04. The number of hydrogen-bond donors (Lipinski definition) is 2. The van der Waals surface area contributed by atoms with Crippen molar-refractivity contribution >= 4 is 29.1 Å². The minimum absolute atomic E-state index is 0.112. The lowest BCUT2D eigenvalue weighted by Crippen LogP contribution is -2.47. The molecule has 1 unspecified atom stereocenters. The zero-order chi connectivity index (χ0) is 20.7. The summed E-state index contributed by atoms with van der Waals surface area (Å²) in [5.41, 5.74) is 1.26. The summed E-state index contributed by atoms with van der Waals surface area (Å²) in [5.74, 6) is 0.209. The maximum Gasteiger partial charge on any atom is 0.247 e. The Balaban J connectivity index is 2.11. The number of methoxy groups -OCH3 is 2. The summed E-state index contributed by atoms with van der Waals surface area (Å²) in [7, 11) is 3.00. The van der Waals surface area contributed by atoms with Gasteiger partial charge < -0.3 is 20.1 Å². The van der Waals surface area contributed by atoms with E-state index in [-0.39, 0.29) is 24.2 Å². The third-order valence-corrected chi connectivity index (χ3v) is 4.52. The molecule has 150 valence electrons. The van der Waals surface area contributed by atoms with Gasteiger partial charge in [0.2, 0.25) is 11.8 Å². The van der Waals surface area contributed by atoms with Gasteiger partial charge in [0.1, 0.15) is 6.04 Å². The van der Waals surface area contributed by atoms with Gasteiger partial charge in [-0.05, 0) is 11.5 Å². The maximum atomic E-state index is 12.8. The van der Waals surface area contributed by atoms with Gasteiger partial charge >= 0.3 is 0 Å². The number of amides is 2. The van der Waals surface area contributed by atoms with Gasteiger partial charge in [-0.25, -0.2) is 0 Å².